The van der Waals surface area contributed by atoms with Crippen LogP contribution in [-0.2, 0) is 15.0 Å². The van der Waals surface area contributed by atoms with Crippen LogP contribution in [-0.4, -0.2) is 28.6 Å². The number of rotatable bonds is 1. The zero-order valence-electron chi connectivity index (χ0n) is 14.4. The van der Waals surface area contributed by atoms with Gasteiger partial charge >= 0.3 is 0 Å². The minimum Gasteiger partial charge on any atom is -0.314 e. The zero-order valence-corrected chi connectivity index (χ0v) is 15.2. The second kappa shape index (κ2) is 5.44. The first kappa shape index (κ1) is 16.1. The van der Waals surface area contributed by atoms with Gasteiger partial charge in [0.15, 0.2) is 0 Å². The lowest BCUT2D eigenvalue weighted by Crippen LogP contribution is -2.45. The maximum Gasteiger partial charge on any atom is 0.242 e. The van der Waals surface area contributed by atoms with Gasteiger partial charge < -0.3 is 10.2 Å². The van der Waals surface area contributed by atoms with Crippen molar-refractivity contribution in [3.63, 3.8) is 0 Å². The normalized spacial score (nSPS) is 20.6. The quantitative estimate of drug-likeness (QED) is 0.707. The molecule has 2 aromatic carbocycles. The summed E-state index contributed by atoms with van der Waals surface area (Å²) in [6, 6.07) is 14.8. The number of nitrogens with zero attached hydrogens (tertiary/aromatic N) is 3. The Bertz CT molecular complexity index is 1120. The van der Waals surface area contributed by atoms with E-state index in [1.807, 2.05) is 42.5 Å². The fourth-order valence-corrected chi connectivity index (χ4v) is 4.38. The van der Waals surface area contributed by atoms with Crippen molar-refractivity contribution in [2.75, 3.05) is 17.3 Å². The van der Waals surface area contributed by atoms with Crippen molar-refractivity contribution in [1.82, 2.24) is 9.78 Å². The summed E-state index contributed by atoms with van der Waals surface area (Å²) in [5.41, 5.74) is 1.90. The number of benzene rings is 2. The maximum atomic E-state index is 13.3. The largest absolute Gasteiger partial charge is 0.314 e. The summed E-state index contributed by atoms with van der Waals surface area (Å²) in [5.74, 6) is 0.131. The van der Waals surface area contributed by atoms with E-state index < -0.39 is 5.41 Å². The molecule has 1 unspecified atom stereocenters. The number of hydrogen-bond donors (Lipinski definition) is 1. The Morgan fingerprint density at radius 2 is 1.74 bits per heavy atom. The SMILES string of the molecule is CN1C(=O)C2(CC(=O)Nc3c2cnn3-c2ccccc2Cl)c2ccccc21. The molecule has 1 N–H and O–H groups in total. The van der Waals surface area contributed by atoms with Gasteiger partial charge in [0.25, 0.3) is 0 Å². The highest BCUT2D eigenvalue weighted by Crippen LogP contribution is 2.52. The van der Waals surface area contributed by atoms with E-state index in [4.69, 9.17) is 11.6 Å². The number of fused-ring (bicyclic) bond motifs is 4. The molecule has 1 spiro atoms. The van der Waals surface area contributed by atoms with Crippen molar-refractivity contribution in [3.8, 4) is 5.69 Å². The molecular formula is C20H15ClN4O2. The number of carbonyl (C=O) groups excluding carboxylic acids is 2. The summed E-state index contributed by atoms with van der Waals surface area (Å²) in [6.45, 7) is 0. The van der Waals surface area contributed by atoms with Crippen LogP contribution >= 0.6 is 11.6 Å². The van der Waals surface area contributed by atoms with E-state index in [-0.39, 0.29) is 18.2 Å². The van der Waals surface area contributed by atoms with Crippen molar-refractivity contribution < 1.29 is 9.59 Å². The first-order valence-electron chi connectivity index (χ1n) is 8.55. The highest BCUT2D eigenvalue weighted by Gasteiger charge is 2.56. The number of nitrogens with one attached hydrogen (secondary N) is 1. The van der Waals surface area contributed by atoms with E-state index in [0.29, 0.717) is 22.1 Å². The number of halogens is 1. The predicted molar refractivity (Wildman–Crippen MR) is 102 cm³/mol. The molecule has 0 aliphatic carbocycles. The van der Waals surface area contributed by atoms with Crippen LogP contribution in [0.5, 0.6) is 0 Å². The number of aromatic nitrogens is 2. The number of anilines is 2. The lowest BCUT2D eigenvalue weighted by molar-refractivity contribution is -0.126. The average molecular weight is 379 g/mol. The lowest BCUT2D eigenvalue weighted by Gasteiger charge is -2.32. The van der Waals surface area contributed by atoms with Gasteiger partial charge in [0.05, 0.1) is 16.9 Å². The molecular weight excluding hydrogens is 364 g/mol. The van der Waals surface area contributed by atoms with Gasteiger partial charge in [0.1, 0.15) is 11.2 Å². The van der Waals surface area contributed by atoms with E-state index in [1.54, 1.807) is 28.9 Å². The van der Waals surface area contributed by atoms with Crippen LogP contribution in [0.15, 0.2) is 54.7 Å². The van der Waals surface area contributed by atoms with Gasteiger partial charge in [-0.2, -0.15) is 5.10 Å². The molecule has 6 nitrogen and oxygen atoms in total. The summed E-state index contributed by atoms with van der Waals surface area (Å²) >= 11 is 6.33. The minimum absolute atomic E-state index is 0.0500. The second-order valence-corrected chi connectivity index (χ2v) is 7.19. The average Bonchev–Trinajstić information content (AvgIpc) is 3.17. The van der Waals surface area contributed by atoms with Gasteiger partial charge in [-0.05, 0) is 23.8 Å². The molecule has 1 aromatic heterocycles. The molecule has 0 bridgehead atoms. The minimum atomic E-state index is -1.07. The van der Waals surface area contributed by atoms with Gasteiger partial charge in [0, 0.05) is 24.7 Å². The van der Waals surface area contributed by atoms with Crippen molar-refractivity contribution >= 4 is 34.9 Å². The van der Waals surface area contributed by atoms with Crippen LogP contribution in [0.2, 0.25) is 5.02 Å². The standard InChI is InChI=1S/C20H15ClN4O2/c1-24-15-8-4-2-6-12(15)20(19(24)27)10-17(26)23-18-13(20)11-22-25(18)16-9-5-3-7-14(16)21/h2-9,11H,10H2,1H3,(H,23,26). The van der Waals surface area contributed by atoms with E-state index >= 15 is 0 Å². The Hall–Kier alpha value is -3.12. The topological polar surface area (TPSA) is 67.2 Å². The summed E-state index contributed by atoms with van der Waals surface area (Å²) in [6.07, 6.45) is 1.71. The summed E-state index contributed by atoms with van der Waals surface area (Å²) < 4.78 is 1.59. The van der Waals surface area contributed by atoms with Crippen LogP contribution in [0, 0.1) is 0 Å². The Balaban J connectivity index is 1.80. The highest BCUT2D eigenvalue weighted by atomic mass is 35.5. The van der Waals surface area contributed by atoms with Crippen molar-refractivity contribution in [2.45, 2.75) is 11.8 Å². The molecule has 0 fully saturated rings. The van der Waals surface area contributed by atoms with Gasteiger partial charge in [0.2, 0.25) is 11.8 Å². The molecule has 2 amide bonds. The molecule has 1 atom stereocenters. The molecule has 27 heavy (non-hydrogen) atoms. The number of likely N-dealkylation sites (N-methyl/N-ethyl adjacent to an activating group) is 1. The van der Waals surface area contributed by atoms with Gasteiger partial charge in [-0.15, -0.1) is 0 Å². The van der Waals surface area contributed by atoms with Crippen LogP contribution < -0.4 is 10.2 Å². The van der Waals surface area contributed by atoms with Crippen LogP contribution in [0.1, 0.15) is 17.5 Å². The number of hydrogen-bond acceptors (Lipinski definition) is 3. The van der Waals surface area contributed by atoms with Gasteiger partial charge in [-0.1, -0.05) is 41.9 Å². The molecule has 0 radical (unpaired) electrons. The van der Waals surface area contributed by atoms with E-state index in [9.17, 15) is 9.59 Å². The van der Waals surface area contributed by atoms with Crippen LogP contribution in [0.4, 0.5) is 11.5 Å². The molecule has 0 saturated carbocycles. The third-order valence-corrected chi connectivity index (χ3v) is 5.71. The summed E-state index contributed by atoms with van der Waals surface area (Å²) in [4.78, 5) is 27.6. The third-order valence-electron chi connectivity index (χ3n) is 5.39. The third kappa shape index (κ3) is 1.99. The van der Waals surface area contributed by atoms with E-state index in [0.717, 1.165) is 11.3 Å². The van der Waals surface area contributed by atoms with Gasteiger partial charge in [-0.3, -0.25) is 9.59 Å². The van der Waals surface area contributed by atoms with Crippen molar-refractivity contribution in [1.29, 1.82) is 0 Å². The monoisotopic (exact) mass is 378 g/mol. The fraction of sp³-hybridized carbons (Fsp3) is 0.150. The Labute approximate surface area is 160 Å². The zero-order chi connectivity index (χ0) is 18.8. The van der Waals surface area contributed by atoms with Crippen molar-refractivity contribution in [2.24, 2.45) is 0 Å². The number of carbonyl (C=O) groups is 2. The summed E-state index contributed by atoms with van der Waals surface area (Å²) in [7, 11) is 1.74. The number of amides is 2. The molecule has 2 aliphatic heterocycles. The first-order chi connectivity index (χ1) is 13.0. The molecule has 2 aliphatic rings. The molecule has 134 valence electrons. The molecule has 0 saturated heterocycles. The molecule has 5 rings (SSSR count). The Kier molecular flexibility index (Phi) is 3.24. The van der Waals surface area contributed by atoms with E-state index in [2.05, 4.69) is 10.4 Å². The Morgan fingerprint density at radius 3 is 2.52 bits per heavy atom. The van der Waals surface area contributed by atoms with Crippen molar-refractivity contribution in [3.05, 3.63) is 70.9 Å². The molecule has 7 heteroatoms. The number of para-hydroxylation sites is 2. The van der Waals surface area contributed by atoms with E-state index in [1.165, 1.54) is 0 Å². The van der Waals surface area contributed by atoms with Crippen LogP contribution in [0.3, 0.4) is 0 Å². The first-order valence-corrected chi connectivity index (χ1v) is 8.93. The second-order valence-electron chi connectivity index (χ2n) is 6.78. The fourth-order valence-electron chi connectivity index (χ4n) is 4.17. The molecule has 3 heterocycles. The lowest BCUT2D eigenvalue weighted by atomic mass is 9.72. The maximum absolute atomic E-state index is 13.3. The Morgan fingerprint density at radius 1 is 1.04 bits per heavy atom. The highest BCUT2D eigenvalue weighted by molar-refractivity contribution is 6.32. The smallest absolute Gasteiger partial charge is 0.242 e. The molecule has 3 aromatic rings. The predicted octanol–water partition coefficient (Wildman–Crippen LogP) is 3.13. The summed E-state index contributed by atoms with van der Waals surface area (Å²) in [5, 5.41) is 7.85. The van der Waals surface area contributed by atoms with Crippen LogP contribution in [0.25, 0.3) is 5.69 Å². The van der Waals surface area contributed by atoms with Gasteiger partial charge in [-0.25, -0.2) is 4.68 Å².